The maximum atomic E-state index is 12.9. The number of carboxylic acids is 1. The number of amides is 1. The molecule has 2 aliphatic rings. The van der Waals surface area contributed by atoms with E-state index in [1.54, 1.807) is 6.07 Å². The summed E-state index contributed by atoms with van der Waals surface area (Å²) >= 11 is 6.58. The van der Waals surface area contributed by atoms with E-state index in [9.17, 15) is 9.59 Å². The first-order valence-electron chi connectivity index (χ1n) is 10.5. The highest BCUT2D eigenvalue weighted by Crippen LogP contribution is 2.40. The highest BCUT2D eigenvalue weighted by atomic mass is 35.5. The molecule has 0 saturated carbocycles. The van der Waals surface area contributed by atoms with Crippen molar-refractivity contribution in [1.82, 2.24) is 9.99 Å². The van der Waals surface area contributed by atoms with Gasteiger partial charge < -0.3 is 14.6 Å². The summed E-state index contributed by atoms with van der Waals surface area (Å²) in [6.45, 7) is 2.14. The normalized spacial score (nSPS) is 16.8. The molecule has 5 rings (SSSR count). The molecule has 3 heterocycles. The molecule has 1 amide bonds. The van der Waals surface area contributed by atoms with Crippen LogP contribution in [0, 0.1) is 6.92 Å². The first kappa shape index (κ1) is 21.2. The fourth-order valence-corrected chi connectivity index (χ4v) is 4.29. The van der Waals surface area contributed by atoms with Gasteiger partial charge in [-0.05, 0) is 24.6 Å². The second kappa shape index (κ2) is 8.37. The Morgan fingerprint density at radius 1 is 1.12 bits per heavy atom. The van der Waals surface area contributed by atoms with E-state index in [2.05, 4.69) is 10.1 Å². The minimum Gasteiger partial charge on any atom is -0.481 e. The Morgan fingerprint density at radius 3 is 2.58 bits per heavy atom. The number of fused-ring (bicyclic) bond motifs is 2. The summed E-state index contributed by atoms with van der Waals surface area (Å²) in [5.41, 5.74) is 4.02. The van der Waals surface area contributed by atoms with Crippen LogP contribution in [0.2, 0.25) is 5.15 Å². The van der Waals surface area contributed by atoms with Crippen LogP contribution in [-0.2, 0) is 9.59 Å². The number of carbonyl (C=O) groups is 2. The van der Waals surface area contributed by atoms with Gasteiger partial charge in [0.05, 0.1) is 23.7 Å². The minimum atomic E-state index is -1.04. The van der Waals surface area contributed by atoms with E-state index < -0.39 is 12.0 Å². The molecule has 0 spiro atoms. The Bertz CT molecular complexity index is 1310. The second-order valence-corrected chi connectivity index (χ2v) is 8.39. The summed E-state index contributed by atoms with van der Waals surface area (Å²) in [5.74, 6) is -0.195. The smallest absolute Gasteiger partial charge is 0.303 e. The Kier molecular flexibility index (Phi) is 5.38. The van der Waals surface area contributed by atoms with Gasteiger partial charge in [0.15, 0.2) is 11.5 Å². The number of hydrogen-bond donors (Lipinski definition) is 1. The monoisotopic (exact) mass is 465 g/mol. The minimum absolute atomic E-state index is 0.147. The largest absolute Gasteiger partial charge is 0.481 e. The van der Waals surface area contributed by atoms with Crippen molar-refractivity contribution < 1.29 is 24.2 Å². The van der Waals surface area contributed by atoms with Gasteiger partial charge >= 0.3 is 5.97 Å². The molecule has 0 bridgehead atoms. The van der Waals surface area contributed by atoms with Crippen LogP contribution in [0.15, 0.2) is 47.6 Å². The first-order chi connectivity index (χ1) is 15.9. The van der Waals surface area contributed by atoms with Gasteiger partial charge in [0.1, 0.15) is 5.15 Å². The van der Waals surface area contributed by atoms with Crippen LogP contribution in [0.1, 0.15) is 42.0 Å². The lowest BCUT2D eigenvalue weighted by Crippen LogP contribution is -2.27. The van der Waals surface area contributed by atoms with Gasteiger partial charge in [0.2, 0.25) is 12.7 Å². The maximum Gasteiger partial charge on any atom is 0.303 e. The van der Waals surface area contributed by atoms with Gasteiger partial charge in [-0.25, -0.2) is 9.99 Å². The molecule has 3 aromatic rings. The predicted molar refractivity (Wildman–Crippen MR) is 122 cm³/mol. The number of hydrazone groups is 1. The van der Waals surface area contributed by atoms with Gasteiger partial charge in [0.25, 0.3) is 0 Å². The van der Waals surface area contributed by atoms with E-state index in [1.165, 1.54) is 5.01 Å². The van der Waals surface area contributed by atoms with E-state index in [-0.39, 0.29) is 30.7 Å². The molecule has 2 aliphatic heterocycles. The Hall–Kier alpha value is -3.65. The van der Waals surface area contributed by atoms with E-state index >= 15 is 0 Å². The number of ether oxygens (including phenoxy) is 2. The van der Waals surface area contributed by atoms with Gasteiger partial charge in [0, 0.05) is 29.9 Å². The van der Waals surface area contributed by atoms with E-state index in [4.69, 9.17) is 26.2 Å². The Labute approximate surface area is 194 Å². The van der Waals surface area contributed by atoms with Gasteiger partial charge in [-0.3, -0.25) is 9.59 Å². The number of pyridine rings is 1. The molecule has 0 unspecified atom stereocenters. The second-order valence-electron chi connectivity index (χ2n) is 8.03. The van der Waals surface area contributed by atoms with Crippen LogP contribution in [0.25, 0.3) is 10.9 Å². The highest BCUT2D eigenvalue weighted by Gasteiger charge is 2.35. The molecular weight excluding hydrogens is 446 g/mol. The first-order valence-corrected chi connectivity index (χ1v) is 10.8. The number of benzene rings is 2. The van der Waals surface area contributed by atoms with Crippen molar-refractivity contribution in [1.29, 1.82) is 0 Å². The highest BCUT2D eigenvalue weighted by molar-refractivity contribution is 6.30. The average Bonchev–Trinajstić information content (AvgIpc) is 3.43. The summed E-state index contributed by atoms with van der Waals surface area (Å²) in [4.78, 5) is 28.5. The van der Waals surface area contributed by atoms with E-state index in [0.29, 0.717) is 29.0 Å². The van der Waals surface area contributed by atoms with Crippen LogP contribution >= 0.6 is 11.6 Å². The number of halogens is 1. The summed E-state index contributed by atoms with van der Waals surface area (Å²) < 4.78 is 10.9. The van der Waals surface area contributed by atoms with Crippen molar-refractivity contribution in [2.45, 2.75) is 32.2 Å². The number of nitrogens with zero attached hydrogens (tertiary/aromatic N) is 3. The lowest BCUT2D eigenvalue weighted by atomic mass is 9.97. The number of aryl methyl sites for hydroxylation is 1. The van der Waals surface area contributed by atoms with Gasteiger partial charge in [-0.1, -0.05) is 41.4 Å². The maximum absolute atomic E-state index is 12.9. The zero-order chi connectivity index (χ0) is 23.1. The van der Waals surface area contributed by atoms with E-state index in [1.807, 2.05) is 43.3 Å². The summed E-state index contributed by atoms with van der Waals surface area (Å²) in [5, 5.41) is 16.0. The molecular formula is C24H20ClN3O5. The molecule has 168 valence electrons. The molecule has 0 saturated heterocycles. The van der Waals surface area contributed by atoms with Crippen molar-refractivity contribution in [3.63, 3.8) is 0 Å². The average molecular weight is 466 g/mol. The third kappa shape index (κ3) is 4.09. The fourth-order valence-electron chi connectivity index (χ4n) is 4.02. The third-order valence-corrected chi connectivity index (χ3v) is 6.05. The molecule has 0 aliphatic carbocycles. The number of hydrogen-bond acceptors (Lipinski definition) is 6. The number of carboxylic acid groups (broad SMARTS) is 1. The Morgan fingerprint density at radius 2 is 1.85 bits per heavy atom. The van der Waals surface area contributed by atoms with Crippen molar-refractivity contribution in [2.75, 3.05) is 6.79 Å². The summed E-state index contributed by atoms with van der Waals surface area (Å²) in [7, 11) is 0. The molecule has 33 heavy (non-hydrogen) atoms. The topological polar surface area (TPSA) is 101 Å². The number of carbonyl (C=O) groups excluding carboxylic acids is 1. The standard InChI is InChI=1S/C24H20ClN3O5/c1-13-2-4-14(5-3-13)18-10-19(28(27-18)22(29)6-7-23(30)31)16-8-15-9-20-21(33-12-32-20)11-17(15)26-24(16)25/h2-5,8-9,11,19H,6-7,10,12H2,1H3,(H,30,31)/t19-/m1/s1. The quantitative estimate of drug-likeness (QED) is 0.558. The fraction of sp³-hybridized carbons (Fsp3) is 0.250. The van der Waals surface area contributed by atoms with Crippen LogP contribution in [0.4, 0.5) is 0 Å². The molecule has 1 N–H and O–H groups in total. The summed E-state index contributed by atoms with van der Waals surface area (Å²) in [6.07, 6.45) is -0.00221. The number of aromatic nitrogens is 1. The van der Waals surface area contributed by atoms with E-state index in [0.717, 1.165) is 22.2 Å². The zero-order valence-electron chi connectivity index (χ0n) is 17.7. The lowest BCUT2D eigenvalue weighted by molar-refractivity contribution is -0.141. The molecule has 1 atom stereocenters. The van der Waals surface area contributed by atoms with Gasteiger partial charge in [-0.15, -0.1) is 0 Å². The Balaban J connectivity index is 1.54. The number of aliphatic carboxylic acids is 1. The van der Waals surface area contributed by atoms with Crippen molar-refractivity contribution in [2.24, 2.45) is 5.10 Å². The molecule has 0 radical (unpaired) electrons. The van der Waals surface area contributed by atoms with Crippen LogP contribution in [-0.4, -0.2) is 39.5 Å². The lowest BCUT2D eigenvalue weighted by Gasteiger charge is -2.23. The van der Waals surface area contributed by atoms with Crippen molar-refractivity contribution in [3.05, 3.63) is 64.3 Å². The molecule has 1 aromatic heterocycles. The van der Waals surface area contributed by atoms with Crippen molar-refractivity contribution >= 4 is 40.1 Å². The third-order valence-electron chi connectivity index (χ3n) is 5.75. The molecule has 9 heteroatoms. The molecule has 2 aromatic carbocycles. The number of rotatable bonds is 5. The van der Waals surface area contributed by atoms with Crippen LogP contribution < -0.4 is 9.47 Å². The zero-order valence-corrected chi connectivity index (χ0v) is 18.5. The van der Waals surface area contributed by atoms with Crippen molar-refractivity contribution in [3.8, 4) is 11.5 Å². The predicted octanol–water partition coefficient (Wildman–Crippen LogP) is 4.47. The van der Waals surface area contributed by atoms with Crippen LogP contribution in [0.5, 0.6) is 11.5 Å². The summed E-state index contributed by atoms with van der Waals surface area (Å²) in [6, 6.07) is 12.8. The molecule has 0 fully saturated rings. The van der Waals surface area contributed by atoms with Gasteiger partial charge in [-0.2, -0.15) is 5.10 Å². The molecule has 8 nitrogen and oxygen atoms in total. The SMILES string of the molecule is Cc1ccc(C2=NN(C(=O)CCC(=O)O)[C@@H](c3cc4cc5c(cc4nc3Cl)OCO5)C2)cc1. The van der Waals surface area contributed by atoms with Crippen LogP contribution in [0.3, 0.4) is 0 Å².